The topological polar surface area (TPSA) is 68.3 Å². The molecular formula is C22H38O4S2. The van der Waals surface area contributed by atoms with Crippen molar-refractivity contribution in [3.63, 3.8) is 0 Å². The van der Waals surface area contributed by atoms with Crippen molar-refractivity contribution < 1.29 is 16.8 Å². The third-order valence-electron chi connectivity index (χ3n) is 5.05. The average Bonchev–Trinajstić information content (AvgIpc) is 2.67. The summed E-state index contributed by atoms with van der Waals surface area (Å²) < 4.78 is 51.1. The van der Waals surface area contributed by atoms with Crippen molar-refractivity contribution in [2.45, 2.75) is 101 Å². The van der Waals surface area contributed by atoms with E-state index in [1.165, 1.54) is 25.0 Å². The molecule has 4 nitrogen and oxygen atoms in total. The first kappa shape index (κ1) is 25.2. The van der Waals surface area contributed by atoms with Gasteiger partial charge in [0.25, 0.3) is 0 Å². The fourth-order valence-corrected chi connectivity index (χ4v) is 7.02. The van der Waals surface area contributed by atoms with Gasteiger partial charge in [0.1, 0.15) is 0 Å². The van der Waals surface area contributed by atoms with Crippen molar-refractivity contribution >= 4 is 19.7 Å². The summed E-state index contributed by atoms with van der Waals surface area (Å²) >= 11 is 0. The predicted molar refractivity (Wildman–Crippen MR) is 117 cm³/mol. The largest absolute Gasteiger partial charge is 0.224 e. The molecule has 0 aliphatic rings. The third-order valence-corrected chi connectivity index (χ3v) is 8.89. The van der Waals surface area contributed by atoms with Crippen molar-refractivity contribution in [3.05, 3.63) is 24.3 Å². The molecule has 0 aliphatic heterocycles. The zero-order valence-corrected chi connectivity index (χ0v) is 19.3. The van der Waals surface area contributed by atoms with E-state index in [1.54, 1.807) is 12.1 Å². The van der Waals surface area contributed by atoms with Crippen LogP contribution < -0.4 is 0 Å². The number of rotatable bonds is 16. The molecule has 0 unspecified atom stereocenters. The van der Waals surface area contributed by atoms with Crippen LogP contribution in [0.25, 0.3) is 0 Å². The second-order valence-electron chi connectivity index (χ2n) is 7.62. The van der Waals surface area contributed by atoms with Gasteiger partial charge in [0.2, 0.25) is 0 Å². The molecule has 0 amide bonds. The summed E-state index contributed by atoms with van der Waals surface area (Å²) in [6.07, 6.45) is 11.9. The minimum atomic E-state index is -3.59. The van der Waals surface area contributed by atoms with E-state index in [1.807, 2.05) is 0 Å². The maximum absolute atomic E-state index is 12.8. The normalized spacial score (nSPS) is 12.4. The Balaban J connectivity index is 2.71. The molecule has 28 heavy (non-hydrogen) atoms. The van der Waals surface area contributed by atoms with Crippen LogP contribution >= 0.6 is 0 Å². The van der Waals surface area contributed by atoms with Gasteiger partial charge in [-0.1, -0.05) is 90.2 Å². The maximum atomic E-state index is 12.8. The van der Waals surface area contributed by atoms with Crippen LogP contribution in [0.5, 0.6) is 0 Å². The lowest BCUT2D eigenvalue weighted by Gasteiger charge is -2.11. The van der Waals surface area contributed by atoms with E-state index >= 15 is 0 Å². The SMILES string of the molecule is CCCCCCCCS(=O)(=O)c1ccccc1S(=O)(=O)CCCCCCCC. The minimum Gasteiger partial charge on any atom is -0.224 e. The Morgan fingerprint density at radius 2 is 0.857 bits per heavy atom. The van der Waals surface area contributed by atoms with Crippen LogP contribution in [0.4, 0.5) is 0 Å². The van der Waals surface area contributed by atoms with Crippen LogP contribution in [-0.2, 0) is 19.7 Å². The van der Waals surface area contributed by atoms with Crippen LogP contribution in [0.1, 0.15) is 90.9 Å². The van der Waals surface area contributed by atoms with E-state index in [4.69, 9.17) is 0 Å². The molecule has 0 aromatic heterocycles. The van der Waals surface area contributed by atoms with Crippen LogP contribution in [0.3, 0.4) is 0 Å². The van der Waals surface area contributed by atoms with Gasteiger partial charge in [0.15, 0.2) is 19.7 Å². The summed E-state index contributed by atoms with van der Waals surface area (Å²) in [4.78, 5) is -0.0379. The molecule has 0 N–H and O–H groups in total. The molecule has 6 heteroatoms. The van der Waals surface area contributed by atoms with Crippen molar-refractivity contribution in [3.8, 4) is 0 Å². The molecule has 0 aliphatic carbocycles. The molecule has 0 bridgehead atoms. The zero-order valence-electron chi connectivity index (χ0n) is 17.7. The summed E-state index contributed by atoms with van der Waals surface area (Å²) in [5.41, 5.74) is 0. The number of unbranched alkanes of at least 4 members (excludes halogenated alkanes) is 10. The van der Waals surface area contributed by atoms with Gasteiger partial charge in [-0.05, 0) is 25.0 Å². The quantitative estimate of drug-likeness (QED) is 0.304. The molecule has 0 spiro atoms. The van der Waals surface area contributed by atoms with Crippen LogP contribution in [0.2, 0.25) is 0 Å². The standard InChI is InChI=1S/C22H38O4S2/c1-3-5-7-9-11-15-19-27(23,24)21-17-13-14-18-22(21)28(25,26)20-16-12-10-8-6-4-2/h13-14,17-18H,3-12,15-16,19-20H2,1-2H3. The Hall–Kier alpha value is -0.880. The number of benzene rings is 1. The highest BCUT2D eigenvalue weighted by Crippen LogP contribution is 2.25. The second-order valence-corrected chi connectivity index (χ2v) is 11.8. The summed E-state index contributed by atoms with van der Waals surface area (Å²) in [6, 6.07) is 6.11. The van der Waals surface area contributed by atoms with Gasteiger partial charge in [-0.3, -0.25) is 0 Å². The third kappa shape index (κ3) is 9.08. The summed E-state index contributed by atoms with van der Waals surface area (Å²) in [7, 11) is -7.18. The molecule has 0 fully saturated rings. The second kappa shape index (κ2) is 13.4. The Labute approximate surface area is 173 Å². The smallest absolute Gasteiger partial charge is 0.179 e. The van der Waals surface area contributed by atoms with Gasteiger partial charge in [-0.25, -0.2) is 16.8 Å². The van der Waals surface area contributed by atoms with Crippen LogP contribution in [0, 0.1) is 0 Å². The lowest BCUT2D eigenvalue weighted by Crippen LogP contribution is -2.15. The first-order chi connectivity index (χ1) is 13.3. The van der Waals surface area contributed by atoms with Crippen molar-refractivity contribution in [2.24, 2.45) is 0 Å². The Morgan fingerprint density at radius 3 is 1.21 bits per heavy atom. The minimum absolute atomic E-state index is 0.0165. The molecule has 1 aromatic rings. The first-order valence-corrected chi connectivity index (χ1v) is 14.2. The fraction of sp³-hybridized carbons (Fsp3) is 0.727. The molecule has 162 valence electrons. The molecule has 0 radical (unpaired) electrons. The van der Waals surface area contributed by atoms with Crippen molar-refractivity contribution in [1.82, 2.24) is 0 Å². The molecular weight excluding hydrogens is 392 g/mol. The fourth-order valence-electron chi connectivity index (χ4n) is 3.33. The van der Waals surface area contributed by atoms with E-state index in [-0.39, 0.29) is 21.3 Å². The van der Waals surface area contributed by atoms with Gasteiger partial charge in [0.05, 0.1) is 21.3 Å². The van der Waals surface area contributed by atoms with E-state index in [2.05, 4.69) is 13.8 Å². The van der Waals surface area contributed by atoms with Crippen LogP contribution in [-0.4, -0.2) is 28.3 Å². The maximum Gasteiger partial charge on any atom is 0.179 e. The van der Waals surface area contributed by atoms with E-state index in [9.17, 15) is 16.8 Å². The lowest BCUT2D eigenvalue weighted by atomic mass is 10.1. The summed E-state index contributed by atoms with van der Waals surface area (Å²) in [6.45, 7) is 4.29. The summed E-state index contributed by atoms with van der Waals surface area (Å²) in [5, 5.41) is 0. The number of hydrogen-bond donors (Lipinski definition) is 0. The average molecular weight is 431 g/mol. The molecule has 1 rings (SSSR count). The Kier molecular flexibility index (Phi) is 12.0. The van der Waals surface area contributed by atoms with Crippen LogP contribution in [0.15, 0.2) is 34.1 Å². The predicted octanol–water partition coefficient (Wildman–Crippen LogP) is 5.96. The molecule has 0 heterocycles. The monoisotopic (exact) mass is 430 g/mol. The molecule has 1 aromatic carbocycles. The molecule has 0 atom stereocenters. The van der Waals surface area contributed by atoms with E-state index in [0.29, 0.717) is 12.8 Å². The molecule has 0 saturated heterocycles. The van der Waals surface area contributed by atoms with Gasteiger partial charge in [-0.15, -0.1) is 0 Å². The van der Waals surface area contributed by atoms with Gasteiger partial charge < -0.3 is 0 Å². The van der Waals surface area contributed by atoms with Gasteiger partial charge in [0, 0.05) is 0 Å². The van der Waals surface area contributed by atoms with Gasteiger partial charge in [-0.2, -0.15) is 0 Å². The highest BCUT2D eigenvalue weighted by Gasteiger charge is 2.25. The van der Waals surface area contributed by atoms with E-state index in [0.717, 1.165) is 51.4 Å². The Bertz CT molecular complexity index is 687. The number of hydrogen-bond acceptors (Lipinski definition) is 4. The zero-order chi connectivity index (χ0) is 20.9. The highest BCUT2D eigenvalue weighted by molar-refractivity contribution is 7.94. The molecule has 0 saturated carbocycles. The lowest BCUT2D eigenvalue weighted by molar-refractivity contribution is 0.572. The van der Waals surface area contributed by atoms with Crippen molar-refractivity contribution in [2.75, 3.05) is 11.5 Å². The first-order valence-electron chi connectivity index (χ1n) is 10.9. The highest BCUT2D eigenvalue weighted by atomic mass is 32.2. The van der Waals surface area contributed by atoms with Crippen molar-refractivity contribution in [1.29, 1.82) is 0 Å². The van der Waals surface area contributed by atoms with Gasteiger partial charge >= 0.3 is 0 Å². The summed E-state index contributed by atoms with van der Waals surface area (Å²) in [5.74, 6) is 0.0331. The Morgan fingerprint density at radius 1 is 0.536 bits per heavy atom. The van der Waals surface area contributed by atoms with E-state index < -0.39 is 19.7 Å². The number of sulfone groups is 2.